The monoisotopic (exact) mass is 1540 g/mol. The summed E-state index contributed by atoms with van der Waals surface area (Å²) >= 11 is 1.76. The van der Waals surface area contributed by atoms with Crippen molar-refractivity contribution in [2.24, 2.45) is 0 Å². The van der Waals surface area contributed by atoms with Crippen LogP contribution >= 0.6 is 11.8 Å². The molecule has 554 valence electrons. The SMILES string of the molecule is [2H]c1c([2H])c([2H])c2c(c1[2H])c1c([2H])c(-n3c4c([2H])c([2H])c([2H])c([2H])c4c4c([2H])c([2H])c([2H])c([2H])c43)c([2H])c([2H])c1n2-c1ccc2c(c1)N(c1c(-c3ccc(-c4ccccc4)cc3)cccc1-c1ccc(-c3ccccc3)cc1)c1cc(C(C)(C)C)cc3c1B2c1cc(-c2cc(-c4ccccc4)cc(-c4ccccc4)c2)cc(-c2ccc(-n4c5ccccc5c5ccccc54)cc2)c1S3. The molecule has 0 N–H and O–H groups in total. The fourth-order valence-corrected chi connectivity index (χ4v) is 19.4. The van der Waals surface area contributed by atoms with E-state index in [1.54, 1.807) is 16.3 Å². The Kier molecular flexibility index (Phi) is 12.9. The minimum Gasteiger partial charge on any atom is -0.310 e. The molecule has 18 aromatic carbocycles. The van der Waals surface area contributed by atoms with Crippen LogP contribution in [0.3, 0.4) is 0 Å². The van der Waals surface area contributed by atoms with Gasteiger partial charge in [-0.3, -0.25) is 0 Å². The Bertz CT molecular complexity index is 8260. The van der Waals surface area contributed by atoms with Gasteiger partial charge in [-0.05, 0) is 209 Å². The molecule has 0 amide bonds. The predicted molar refractivity (Wildman–Crippen MR) is 502 cm³/mol. The van der Waals surface area contributed by atoms with Crippen molar-refractivity contribution in [2.75, 3.05) is 4.90 Å². The Morgan fingerprint density at radius 3 is 1.23 bits per heavy atom. The maximum absolute atomic E-state index is 10.8. The fraction of sp³-hybridized carbons (Fsp3) is 0.0357. The lowest BCUT2D eigenvalue weighted by Crippen LogP contribution is -2.60. The van der Waals surface area contributed by atoms with E-state index in [2.05, 4.69) is 291 Å². The zero-order chi connectivity index (χ0) is 91.3. The number of hydrogen-bond acceptors (Lipinski definition) is 2. The van der Waals surface area contributed by atoms with Gasteiger partial charge in [-0.15, -0.1) is 0 Å². The molecule has 0 saturated carbocycles. The largest absolute Gasteiger partial charge is 0.310 e. The quantitative estimate of drug-likeness (QED) is 0.114. The first-order valence-corrected chi connectivity index (χ1v) is 40.6. The second-order valence-electron chi connectivity index (χ2n) is 31.5. The van der Waals surface area contributed by atoms with E-state index in [4.69, 9.17) is 5.48 Å². The fourth-order valence-electron chi connectivity index (χ4n) is 18.1. The molecule has 0 spiro atoms. The number of benzene rings is 18. The maximum Gasteiger partial charge on any atom is 0.249 e. The number of rotatable bonds is 12. The lowest BCUT2D eigenvalue weighted by atomic mass is 9.34. The zero-order valence-electron chi connectivity index (χ0n) is 79.4. The second kappa shape index (κ2) is 27.7. The van der Waals surface area contributed by atoms with Crippen LogP contribution in [0.15, 0.2) is 422 Å². The van der Waals surface area contributed by atoms with E-state index < -0.39 is 108 Å². The molecule has 5 heterocycles. The van der Waals surface area contributed by atoms with Crippen LogP contribution in [0.4, 0.5) is 17.1 Å². The lowest BCUT2D eigenvalue weighted by Gasteiger charge is -2.43. The van der Waals surface area contributed by atoms with Crippen molar-refractivity contribution in [2.45, 2.75) is 36.0 Å². The number of para-hydroxylation sites is 6. The van der Waals surface area contributed by atoms with E-state index in [-0.39, 0.29) is 49.3 Å². The lowest BCUT2D eigenvalue weighted by molar-refractivity contribution is 0.589. The van der Waals surface area contributed by atoms with Crippen LogP contribution in [0.1, 0.15) is 46.9 Å². The van der Waals surface area contributed by atoms with Crippen LogP contribution in [-0.4, -0.2) is 20.4 Å². The van der Waals surface area contributed by atoms with Gasteiger partial charge in [-0.25, -0.2) is 0 Å². The van der Waals surface area contributed by atoms with E-state index in [9.17, 15) is 15.1 Å². The van der Waals surface area contributed by atoms with E-state index in [1.807, 2.05) is 60.7 Å². The van der Waals surface area contributed by atoms with Crippen molar-refractivity contribution in [3.05, 3.63) is 418 Å². The van der Waals surface area contributed by atoms with Crippen LogP contribution in [0.25, 0.3) is 171 Å². The molecule has 21 aromatic rings. The van der Waals surface area contributed by atoms with Gasteiger partial charge in [0, 0.05) is 81.7 Å². The number of anilines is 3. The number of fused-ring (bicyclic) bond motifs is 13. The third-order valence-electron chi connectivity index (χ3n) is 23.7. The number of nitrogens with zero attached hydrogens (tertiary/aromatic N) is 4. The van der Waals surface area contributed by atoms with Crippen molar-refractivity contribution >= 4 is 117 Å². The molecule has 4 nitrogen and oxygen atoms in total. The number of aromatic nitrogens is 3. The van der Waals surface area contributed by atoms with Gasteiger partial charge in [-0.1, -0.05) is 341 Å². The molecule has 0 bridgehead atoms. The molecule has 0 aliphatic carbocycles. The second-order valence-corrected chi connectivity index (χ2v) is 32.6. The molecule has 2 aliphatic heterocycles. The van der Waals surface area contributed by atoms with Crippen molar-refractivity contribution in [3.63, 3.8) is 0 Å². The summed E-state index contributed by atoms with van der Waals surface area (Å²) in [5, 5.41) is 1.25. The summed E-state index contributed by atoms with van der Waals surface area (Å²) < 4.78 is 150. The Labute approximate surface area is 712 Å². The molecule has 118 heavy (non-hydrogen) atoms. The van der Waals surface area contributed by atoms with Crippen LogP contribution in [0.5, 0.6) is 0 Å². The highest BCUT2D eigenvalue weighted by atomic mass is 32.2. The van der Waals surface area contributed by atoms with E-state index >= 15 is 0 Å². The predicted octanol–water partition coefficient (Wildman–Crippen LogP) is 28.4. The van der Waals surface area contributed by atoms with E-state index in [0.717, 1.165) is 164 Å². The summed E-state index contributed by atoms with van der Waals surface area (Å²) in [6, 6.07) is 104. The Hall–Kier alpha value is -14.4. The first kappa shape index (κ1) is 55.1. The van der Waals surface area contributed by atoms with E-state index in [1.165, 1.54) is 0 Å². The summed E-state index contributed by atoms with van der Waals surface area (Å²) in [5.41, 5.74) is 23.3. The topological polar surface area (TPSA) is 18.0 Å². The van der Waals surface area contributed by atoms with Crippen molar-refractivity contribution in [1.82, 2.24) is 13.7 Å². The molecule has 0 radical (unpaired) electrons. The highest BCUT2D eigenvalue weighted by Gasteiger charge is 2.44. The van der Waals surface area contributed by atoms with Gasteiger partial charge in [0.2, 0.25) is 6.71 Å². The maximum atomic E-state index is 10.8. The smallest absolute Gasteiger partial charge is 0.249 e. The number of hydrogen-bond donors (Lipinski definition) is 0. The Morgan fingerprint density at radius 1 is 0.280 bits per heavy atom. The van der Waals surface area contributed by atoms with Crippen LogP contribution in [0.2, 0.25) is 0 Å². The van der Waals surface area contributed by atoms with Crippen LogP contribution < -0.4 is 21.3 Å². The standard InChI is InChI=1S/C112H77BN4S/c1-112(2,3)85-68-107-109-108(69-85)118-111-96(80-55-57-86(58-56-80)114-100-42-21-16-35-91(100)92-36-17-22-43-101(92)114)66-84(83-64-81(74-31-12-6-13-32-74)63-82(65-83)75-33-14-7-15-34-75)67-99(111)113(109)98-61-59-88(116-104-46-25-20-39-95(104)97-70-87(60-62-105(97)116)115-102-44-23-18-37-93(102)94-38-19-24-45-103(94)115)71-106(98)117(107)110-89(78-51-47-76(48-52-78)72-27-8-4-9-28-72)40-26-41-90(110)79-53-49-77(50-54-79)73-29-10-5-11-30-73/h4-71H,1-3H3/i18D,19D,20D,23D,24D,25D,37D,38D,39D,44D,45D,46D,60D,62D,70D. The first-order valence-electron chi connectivity index (χ1n) is 47.2. The van der Waals surface area contributed by atoms with Crippen molar-refractivity contribution in [1.29, 1.82) is 0 Å². The third-order valence-corrected chi connectivity index (χ3v) is 25.0. The zero-order valence-corrected chi connectivity index (χ0v) is 65.2. The van der Waals surface area contributed by atoms with E-state index in [0.29, 0.717) is 5.69 Å². The molecule has 3 aromatic heterocycles. The molecule has 6 heteroatoms. The minimum absolute atomic E-state index is 0.144. The summed E-state index contributed by atoms with van der Waals surface area (Å²) in [5.74, 6) is 0. The third kappa shape index (κ3) is 11.4. The molecule has 0 fully saturated rings. The Morgan fingerprint density at radius 2 is 0.695 bits per heavy atom. The normalized spacial score (nSPS) is 14.2. The minimum atomic E-state index is -0.733. The molecule has 0 saturated heterocycles. The van der Waals surface area contributed by atoms with Crippen LogP contribution in [-0.2, 0) is 5.41 Å². The summed E-state index contributed by atoms with van der Waals surface area (Å²) in [6.45, 7) is 6.11. The molecule has 2 aliphatic rings. The molecule has 23 rings (SSSR count). The summed E-state index contributed by atoms with van der Waals surface area (Å²) in [7, 11) is 0. The van der Waals surface area contributed by atoms with Crippen LogP contribution in [0, 0.1) is 0 Å². The molecule has 0 unspecified atom stereocenters. The first-order chi connectivity index (χ1) is 64.4. The van der Waals surface area contributed by atoms with Gasteiger partial charge >= 0.3 is 0 Å². The van der Waals surface area contributed by atoms with Gasteiger partial charge in [0.05, 0.1) is 59.3 Å². The molecular formula is C112H77BN4S. The Balaban J connectivity index is 0.848. The molecule has 0 atom stereocenters. The van der Waals surface area contributed by atoms with Gasteiger partial charge in [0.25, 0.3) is 0 Å². The highest BCUT2D eigenvalue weighted by molar-refractivity contribution is 8.00. The highest BCUT2D eigenvalue weighted by Crippen LogP contribution is 2.53. The van der Waals surface area contributed by atoms with Gasteiger partial charge in [0.15, 0.2) is 0 Å². The van der Waals surface area contributed by atoms with Gasteiger partial charge in [0.1, 0.15) is 0 Å². The molecular weight excluding hydrogens is 1440 g/mol. The summed E-state index contributed by atoms with van der Waals surface area (Å²) in [6.07, 6.45) is 0. The summed E-state index contributed by atoms with van der Waals surface area (Å²) in [4.78, 5) is 4.43. The van der Waals surface area contributed by atoms with Gasteiger partial charge in [-0.2, -0.15) is 0 Å². The van der Waals surface area contributed by atoms with Crippen molar-refractivity contribution in [3.8, 4) is 106 Å². The van der Waals surface area contributed by atoms with Gasteiger partial charge < -0.3 is 18.6 Å². The van der Waals surface area contributed by atoms with Crippen molar-refractivity contribution < 1.29 is 20.6 Å². The average molecular weight is 1540 g/mol. The average Bonchev–Trinajstić information content (AvgIpc) is 1.67.